The van der Waals surface area contributed by atoms with Gasteiger partial charge in [-0.05, 0) is 65.8 Å². The summed E-state index contributed by atoms with van der Waals surface area (Å²) in [5, 5.41) is 0. The standard InChI is InChI=1S/C33H26N2O4/c36-30-26-5-1-2-6-27(26)31(37)34(30)19-17-22-9-13-24(14-10-22)21-25-15-11-23(12-16-25)18-20-35-32(38)28-7-3-4-8-29(28)33(35)39/h1-16H,17-21H2. The molecule has 0 aromatic heterocycles. The van der Waals surface area contributed by atoms with Gasteiger partial charge in [-0.15, -0.1) is 0 Å². The summed E-state index contributed by atoms with van der Waals surface area (Å²) in [6.45, 7) is 0.710. The predicted octanol–water partition coefficient (Wildman–Crippen LogP) is 4.95. The Morgan fingerprint density at radius 1 is 0.385 bits per heavy atom. The van der Waals surface area contributed by atoms with Crippen molar-refractivity contribution in [2.24, 2.45) is 0 Å². The molecule has 6 heteroatoms. The van der Waals surface area contributed by atoms with Gasteiger partial charge in [0.1, 0.15) is 0 Å². The van der Waals surface area contributed by atoms with E-state index < -0.39 is 0 Å². The third kappa shape index (κ3) is 4.66. The van der Waals surface area contributed by atoms with Crippen LogP contribution in [0.4, 0.5) is 0 Å². The van der Waals surface area contributed by atoms with E-state index >= 15 is 0 Å². The molecule has 0 fully saturated rings. The third-order valence-corrected chi connectivity index (χ3v) is 7.46. The van der Waals surface area contributed by atoms with Gasteiger partial charge < -0.3 is 0 Å². The van der Waals surface area contributed by atoms with Crippen LogP contribution >= 0.6 is 0 Å². The molecule has 0 unspecified atom stereocenters. The van der Waals surface area contributed by atoms with Gasteiger partial charge in [0.2, 0.25) is 0 Å². The molecule has 0 aliphatic carbocycles. The highest BCUT2D eigenvalue weighted by molar-refractivity contribution is 6.22. The Labute approximate surface area is 226 Å². The van der Waals surface area contributed by atoms with E-state index in [1.165, 1.54) is 20.9 Å². The number of hydrogen-bond donors (Lipinski definition) is 0. The molecule has 4 aromatic rings. The number of carbonyl (C=O) groups is 4. The van der Waals surface area contributed by atoms with Gasteiger partial charge in [-0.2, -0.15) is 0 Å². The van der Waals surface area contributed by atoms with E-state index in [1.54, 1.807) is 48.5 Å². The first-order valence-corrected chi connectivity index (χ1v) is 13.1. The molecule has 0 saturated heterocycles. The van der Waals surface area contributed by atoms with Gasteiger partial charge in [0.05, 0.1) is 22.3 Å². The second-order valence-corrected chi connectivity index (χ2v) is 9.92. The van der Waals surface area contributed by atoms with E-state index in [-0.39, 0.29) is 23.6 Å². The first kappa shape index (κ1) is 24.5. The maximum absolute atomic E-state index is 12.6. The van der Waals surface area contributed by atoms with Crippen molar-refractivity contribution in [3.8, 4) is 0 Å². The zero-order valence-electron chi connectivity index (χ0n) is 21.3. The molecule has 0 radical (unpaired) electrons. The SMILES string of the molecule is O=C1c2ccccc2C(=O)N1CCc1ccc(Cc2ccc(CCN3C(=O)c4ccccc4C3=O)cc2)cc1. The molecule has 192 valence electrons. The van der Waals surface area contributed by atoms with Gasteiger partial charge in [-0.25, -0.2) is 0 Å². The summed E-state index contributed by atoms with van der Waals surface area (Å²) in [6.07, 6.45) is 1.98. The summed E-state index contributed by atoms with van der Waals surface area (Å²) in [6, 6.07) is 30.4. The number of imide groups is 2. The van der Waals surface area contributed by atoms with Crippen molar-refractivity contribution in [1.29, 1.82) is 0 Å². The van der Waals surface area contributed by atoms with Gasteiger partial charge in [-0.3, -0.25) is 29.0 Å². The Balaban J connectivity index is 1.01. The quantitative estimate of drug-likeness (QED) is 0.312. The second-order valence-electron chi connectivity index (χ2n) is 9.92. The van der Waals surface area contributed by atoms with Crippen LogP contribution in [-0.4, -0.2) is 46.5 Å². The van der Waals surface area contributed by atoms with E-state index in [9.17, 15) is 19.2 Å². The highest BCUT2D eigenvalue weighted by atomic mass is 16.2. The fourth-order valence-electron chi connectivity index (χ4n) is 5.25. The van der Waals surface area contributed by atoms with Crippen LogP contribution in [0.3, 0.4) is 0 Å². The number of hydrogen-bond acceptors (Lipinski definition) is 4. The normalized spacial score (nSPS) is 14.3. The van der Waals surface area contributed by atoms with Crippen molar-refractivity contribution in [1.82, 2.24) is 9.80 Å². The number of fused-ring (bicyclic) bond motifs is 2. The Morgan fingerprint density at radius 2 is 0.667 bits per heavy atom. The Bertz CT molecular complexity index is 1410. The minimum absolute atomic E-state index is 0.223. The van der Waals surface area contributed by atoms with E-state index in [0.29, 0.717) is 48.2 Å². The molecular weight excluding hydrogens is 488 g/mol. The fraction of sp³-hybridized carbons (Fsp3) is 0.152. The topological polar surface area (TPSA) is 74.8 Å². The maximum atomic E-state index is 12.6. The van der Waals surface area contributed by atoms with Crippen LogP contribution < -0.4 is 0 Å². The van der Waals surface area contributed by atoms with Crippen molar-refractivity contribution in [3.05, 3.63) is 142 Å². The highest BCUT2D eigenvalue weighted by Gasteiger charge is 2.35. The average Bonchev–Trinajstić information content (AvgIpc) is 3.36. The molecule has 0 bridgehead atoms. The Kier molecular flexibility index (Phi) is 6.37. The van der Waals surface area contributed by atoms with Crippen LogP contribution in [0, 0.1) is 0 Å². The minimum atomic E-state index is -0.223. The number of carbonyl (C=O) groups excluding carboxylic acids is 4. The molecule has 4 aromatic carbocycles. The fourth-order valence-corrected chi connectivity index (χ4v) is 5.25. The molecule has 2 heterocycles. The van der Waals surface area contributed by atoms with Crippen molar-refractivity contribution in [3.63, 3.8) is 0 Å². The number of benzene rings is 4. The van der Waals surface area contributed by atoms with Crippen molar-refractivity contribution >= 4 is 23.6 Å². The van der Waals surface area contributed by atoms with Crippen molar-refractivity contribution in [2.75, 3.05) is 13.1 Å². The summed E-state index contributed by atoms with van der Waals surface area (Å²) >= 11 is 0. The lowest BCUT2D eigenvalue weighted by Crippen LogP contribution is -2.31. The summed E-state index contributed by atoms with van der Waals surface area (Å²) < 4.78 is 0. The predicted molar refractivity (Wildman–Crippen MR) is 147 cm³/mol. The lowest BCUT2D eigenvalue weighted by Gasteiger charge is -2.14. The molecule has 0 spiro atoms. The Morgan fingerprint density at radius 3 is 0.974 bits per heavy atom. The van der Waals surface area contributed by atoms with Gasteiger partial charge in [0.25, 0.3) is 23.6 Å². The first-order valence-electron chi connectivity index (χ1n) is 13.1. The average molecular weight is 515 g/mol. The van der Waals surface area contributed by atoms with Crippen LogP contribution in [0.15, 0.2) is 97.1 Å². The zero-order chi connectivity index (χ0) is 26.9. The molecule has 6 rings (SSSR count). The molecular formula is C33H26N2O4. The zero-order valence-corrected chi connectivity index (χ0v) is 21.3. The molecule has 0 atom stereocenters. The summed E-state index contributed by atoms with van der Waals surface area (Å²) in [5.41, 5.74) is 6.38. The van der Waals surface area contributed by atoms with Crippen LogP contribution in [0.5, 0.6) is 0 Å². The summed E-state index contributed by atoms with van der Waals surface area (Å²) in [4.78, 5) is 52.9. The van der Waals surface area contributed by atoms with Gasteiger partial charge in [0, 0.05) is 13.1 Å². The van der Waals surface area contributed by atoms with E-state index in [2.05, 4.69) is 24.3 Å². The minimum Gasteiger partial charge on any atom is -0.274 e. The number of nitrogens with zero attached hydrogens (tertiary/aromatic N) is 2. The largest absolute Gasteiger partial charge is 0.274 e. The van der Waals surface area contributed by atoms with Crippen LogP contribution in [0.25, 0.3) is 0 Å². The first-order chi connectivity index (χ1) is 19.0. The Hall–Kier alpha value is -4.84. The van der Waals surface area contributed by atoms with Gasteiger partial charge in [-0.1, -0.05) is 72.8 Å². The monoisotopic (exact) mass is 514 g/mol. The highest BCUT2D eigenvalue weighted by Crippen LogP contribution is 2.24. The smallest absolute Gasteiger partial charge is 0.261 e. The molecule has 4 amide bonds. The lowest BCUT2D eigenvalue weighted by molar-refractivity contribution is 0.0640. The summed E-state index contributed by atoms with van der Waals surface area (Å²) in [5.74, 6) is -0.891. The molecule has 2 aliphatic rings. The third-order valence-electron chi connectivity index (χ3n) is 7.46. The molecule has 6 nitrogen and oxygen atoms in total. The van der Waals surface area contributed by atoms with Crippen molar-refractivity contribution < 1.29 is 19.2 Å². The maximum Gasteiger partial charge on any atom is 0.261 e. The molecule has 39 heavy (non-hydrogen) atoms. The van der Waals surface area contributed by atoms with E-state index in [4.69, 9.17) is 0 Å². The lowest BCUT2D eigenvalue weighted by atomic mass is 10.0. The molecule has 0 saturated carbocycles. The molecule has 0 N–H and O–H groups in total. The van der Waals surface area contributed by atoms with E-state index in [0.717, 1.165) is 17.5 Å². The second kappa shape index (κ2) is 10.1. The van der Waals surface area contributed by atoms with Gasteiger partial charge >= 0.3 is 0 Å². The molecule has 2 aliphatic heterocycles. The van der Waals surface area contributed by atoms with Gasteiger partial charge in [0.15, 0.2) is 0 Å². The number of rotatable bonds is 8. The van der Waals surface area contributed by atoms with Crippen molar-refractivity contribution in [2.45, 2.75) is 19.3 Å². The number of amides is 4. The summed E-state index contributed by atoms with van der Waals surface area (Å²) in [7, 11) is 0. The van der Waals surface area contributed by atoms with Crippen LogP contribution in [-0.2, 0) is 19.3 Å². The van der Waals surface area contributed by atoms with Crippen LogP contribution in [0.2, 0.25) is 0 Å². The van der Waals surface area contributed by atoms with Crippen LogP contribution in [0.1, 0.15) is 63.7 Å². The van der Waals surface area contributed by atoms with E-state index in [1.807, 2.05) is 24.3 Å².